The molecule has 1 saturated heterocycles. The maximum Gasteiger partial charge on any atom is 0.415 e. The molecule has 2 atom stereocenters. The van der Waals surface area contributed by atoms with Gasteiger partial charge in [0.2, 0.25) is 5.91 Å². The number of hydrogen-bond acceptors (Lipinski definition) is 5. The number of nitrogens with one attached hydrogen (secondary N) is 1. The summed E-state index contributed by atoms with van der Waals surface area (Å²) in [6.45, 7) is 1.75. The highest BCUT2D eigenvalue weighted by Gasteiger charge is 2.47. The second-order valence-corrected chi connectivity index (χ2v) is 6.79. The van der Waals surface area contributed by atoms with E-state index in [2.05, 4.69) is 26.4 Å². The van der Waals surface area contributed by atoms with Gasteiger partial charge >= 0.3 is 6.09 Å². The number of benzene rings is 1. The first-order chi connectivity index (χ1) is 14.1. The van der Waals surface area contributed by atoms with Gasteiger partial charge in [-0.3, -0.25) is 9.69 Å². The van der Waals surface area contributed by atoms with Crippen LogP contribution in [0.3, 0.4) is 0 Å². The number of nitrogens with zero attached hydrogens (tertiary/aromatic N) is 4. The standard InChI is InChI=1S/C20H20N6O3/c1-12(27)23-9-18-17-7-15-6-13(2-4-16(15)26(17)20(28)29-18)14-3-5-19(24-8-14)25-11-22-10-21/h2-6,8,10-11,17-18H,7,9H2,1H3,(H,23,27)(H2,21,22,24,25)/t17-,18-/m0/s1. The van der Waals surface area contributed by atoms with E-state index in [4.69, 9.17) is 10.5 Å². The number of aromatic nitrogens is 1. The van der Waals surface area contributed by atoms with Crippen LogP contribution in [0.4, 0.5) is 16.3 Å². The van der Waals surface area contributed by atoms with Crippen LogP contribution in [0.2, 0.25) is 0 Å². The van der Waals surface area contributed by atoms with Crippen LogP contribution in [0.25, 0.3) is 11.1 Å². The van der Waals surface area contributed by atoms with Crippen LogP contribution in [0.5, 0.6) is 0 Å². The minimum atomic E-state index is -0.374. The summed E-state index contributed by atoms with van der Waals surface area (Å²) in [7, 11) is 0. The van der Waals surface area contributed by atoms with E-state index >= 15 is 0 Å². The maximum absolute atomic E-state index is 12.3. The summed E-state index contributed by atoms with van der Waals surface area (Å²) in [4.78, 5) is 37.3. The third kappa shape index (κ3) is 3.66. The summed E-state index contributed by atoms with van der Waals surface area (Å²) in [6.07, 6.45) is 4.17. The van der Waals surface area contributed by atoms with Gasteiger partial charge in [0.25, 0.3) is 0 Å². The Bertz CT molecular complexity index is 1000. The van der Waals surface area contributed by atoms with Gasteiger partial charge in [0, 0.05) is 18.7 Å². The summed E-state index contributed by atoms with van der Waals surface area (Å²) < 4.78 is 5.44. The molecule has 9 nitrogen and oxygen atoms in total. The zero-order valence-electron chi connectivity index (χ0n) is 15.8. The maximum atomic E-state index is 12.3. The molecule has 1 fully saturated rings. The summed E-state index contributed by atoms with van der Waals surface area (Å²) in [5.74, 6) is 0.386. The second-order valence-electron chi connectivity index (χ2n) is 6.79. The number of fused-ring (bicyclic) bond motifs is 3. The smallest absolute Gasteiger partial charge is 0.415 e. The van der Waals surface area contributed by atoms with Gasteiger partial charge in [0.05, 0.1) is 24.6 Å². The van der Waals surface area contributed by atoms with Gasteiger partial charge in [-0.15, -0.1) is 0 Å². The second kappa shape index (κ2) is 7.70. The van der Waals surface area contributed by atoms with Gasteiger partial charge in [0.15, 0.2) is 5.82 Å². The van der Waals surface area contributed by atoms with Crippen molar-refractivity contribution in [1.29, 1.82) is 0 Å². The fourth-order valence-corrected chi connectivity index (χ4v) is 3.64. The van der Waals surface area contributed by atoms with Crippen molar-refractivity contribution in [1.82, 2.24) is 10.3 Å². The molecule has 4 rings (SSSR count). The summed E-state index contributed by atoms with van der Waals surface area (Å²) >= 11 is 0. The molecule has 0 spiro atoms. The average Bonchev–Trinajstić information content (AvgIpc) is 3.24. The SMILES string of the molecule is CC(=O)NC[C@@H]1OC(=O)N2c3ccc(-c4ccc(N=CN=CN)nc4)cc3C[C@@H]12. The number of pyridine rings is 1. The van der Waals surface area contributed by atoms with Crippen LogP contribution in [0, 0.1) is 0 Å². The number of anilines is 1. The van der Waals surface area contributed by atoms with Crippen LogP contribution >= 0.6 is 0 Å². The topological polar surface area (TPSA) is 122 Å². The Morgan fingerprint density at radius 1 is 1.38 bits per heavy atom. The predicted molar refractivity (Wildman–Crippen MR) is 109 cm³/mol. The van der Waals surface area contributed by atoms with E-state index in [1.807, 2.05) is 18.2 Å². The van der Waals surface area contributed by atoms with Crippen molar-refractivity contribution in [2.24, 2.45) is 15.7 Å². The van der Waals surface area contributed by atoms with E-state index in [9.17, 15) is 9.59 Å². The molecule has 0 radical (unpaired) electrons. The molecule has 29 heavy (non-hydrogen) atoms. The number of nitrogens with two attached hydrogens (primary N) is 1. The highest BCUT2D eigenvalue weighted by atomic mass is 16.6. The van der Waals surface area contributed by atoms with Crippen molar-refractivity contribution < 1.29 is 14.3 Å². The minimum absolute atomic E-state index is 0.113. The van der Waals surface area contributed by atoms with Gasteiger partial charge in [-0.05, 0) is 41.8 Å². The zero-order valence-corrected chi connectivity index (χ0v) is 15.8. The van der Waals surface area contributed by atoms with Crippen LogP contribution in [0.15, 0.2) is 46.5 Å². The number of aliphatic imine (C=N–C) groups is 2. The van der Waals surface area contributed by atoms with E-state index in [-0.39, 0.29) is 24.1 Å². The molecular formula is C20H20N6O3. The Hall–Kier alpha value is -3.75. The predicted octanol–water partition coefficient (Wildman–Crippen LogP) is 1.78. The van der Waals surface area contributed by atoms with Gasteiger partial charge in [-0.2, -0.15) is 0 Å². The first-order valence-electron chi connectivity index (χ1n) is 9.16. The summed E-state index contributed by atoms with van der Waals surface area (Å²) in [5.41, 5.74) is 9.02. The Morgan fingerprint density at radius 2 is 2.21 bits per heavy atom. The fraction of sp³-hybridized carbons (Fsp3) is 0.250. The normalized spacial score (nSPS) is 20.2. The Balaban J connectivity index is 1.54. The number of carbonyl (C=O) groups is 2. The highest BCUT2D eigenvalue weighted by Crippen LogP contribution is 2.40. The van der Waals surface area contributed by atoms with Crippen molar-refractivity contribution in [3.63, 3.8) is 0 Å². The van der Waals surface area contributed by atoms with Crippen LogP contribution in [0.1, 0.15) is 12.5 Å². The van der Waals surface area contributed by atoms with Gasteiger partial charge in [-0.1, -0.05) is 6.07 Å². The third-order valence-electron chi connectivity index (χ3n) is 4.95. The van der Waals surface area contributed by atoms with Gasteiger partial charge in [0.1, 0.15) is 12.4 Å². The van der Waals surface area contributed by atoms with Crippen LogP contribution < -0.4 is 16.0 Å². The van der Waals surface area contributed by atoms with E-state index in [1.54, 1.807) is 17.2 Å². The molecule has 1 aromatic heterocycles. The number of rotatable bonds is 5. The molecule has 0 aliphatic carbocycles. The van der Waals surface area contributed by atoms with Crippen molar-refractivity contribution in [3.05, 3.63) is 42.1 Å². The van der Waals surface area contributed by atoms with E-state index in [1.165, 1.54) is 13.3 Å². The van der Waals surface area contributed by atoms with Crippen molar-refractivity contribution in [2.45, 2.75) is 25.5 Å². The van der Waals surface area contributed by atoms with Crippen LogP contribution in [-0.2, 0) is 16.0 Å². The van der Waals surface area contributed by atoms with Gasteiger partial charge < -0.3 is 15.8 Å². The highest BCUT2D eigenvalue weighted by molar-refractivity contribution is 5.94. The number of hydrogen-bond donors (Lipinski definition) is 2. The minimum Gasteiger partial charge on any atom is -0.442 e. The zero-order chi connectivity index (χ0) is 20.4. The quantitative estimate of drug-likeness (QED) is 0.593. The Morgan fingerprint density at radius 3 is 2.93 bits per heavy atom. The number of ether oxygens (including phenoxy) is 1. The van der Waals surface area contributed by atoms with Crippen LogP contribution in [-0.4, -0.2) is 48.4 Å². The molecule has 9 heteroatoms. The van der Waals surface area contributed by atoms with Gasteiger partial charge in [-0.25, -0.2) is 19.8 Å². The largest absolute Gasteiger partial charge is 0.442 e. The molecule has 0 bridgehead atoms. The molecule has 1 aromatic carbocycles. The molecule has 2 aliphatic heterocycles. The monoisotopic (exact) mass is 392 g/mol. The molecule has 148 valence electrons. The molecule has 2 amide bonds. The fourth-order valence-electron chi connectivity index (χ4n) is 3.64. The number of cyclic esters (lactones) is 1. The average molecular weight is 392 g/mol. The first-order valence-corrected chi connectivity index (χ1v) is 9.16. The third-order valence-corrected chi connectivity index (χ3v) is 4.95. The van der Waals surface area contributed by atoms with Crippen molar-refractivity contribution in [2.75, 3.05) is 11.4 Å². The molecule has 3 heterocycles. The van der Waals surface area contributed by atoms with Crippen molar-refractivity contribution >= 4 is 36.2 Å². The molecular weight excluding hydrogens is 372 g/mol. The van der Waals surface area contributed by atoms with Crippen molar-refractivity contribution in [3.8, 4) is 11.1 Å². The molecule has 2 aliphatic rings. The first kappa shape index (κ1) is 18.6. The molecule has 3 N–H and O–H groups in total. The Labute approximate surface area is 167 Å². The lowest BCUT2D eigenvalue weighted by atomic mass is 10.0. The molecule has 2 aromatic rings. The number of amides is 2. The molecule has 0 saturated carbocycles. The lowest BCUT2D eigenvalue weighted by Crippen LogP contribution is -2.40. The Kier molecular flexibility index (Phi) is 4.94. The summed E-state index contributed by atoms with van der Waals surface area (Å²) in [6, 6.07) is 9.55. The van der Waals surface area contributed by atoms with E-state index in [0.29, 0.717) is 18.8 Å². The van der Waals surface area contributed by atoms with E-state index in [0.717, 1.165) is 28.7 Å². The molecule has 0 unspecified atom stereocenters. The number of carbonyl (C=O) groups excluding carboxylic acids is 2. The lowest BCUT2D eigenvalue weighted by Gasteiger charge is -2.16. The van der Waals surface area contributed by atoms with E-state index < -0.39 is 0 Å². The summed E-state index contributed by atoms with van der Waals surface area (Å²) in [5, 5.41) is 2.73. The lowest BCUT2D eigenvalue weighted by molar-refractivity contribution is -0.119.